The van der Waals surface area contributed by atoms with Crippen LogP contribution in [0.4, 0.5) is 17.1 Å². The number of aromatic nitrogens is 1. The standard InChI is InChI=1S/C71H54N2/c1-5-22-51(23-6-2)71(52-26-9-7-10-27-52)64-35-18-14-32-58(64)60-42-40-55(47-66(60)71)73-68-37-20-16-33-61(68)62-45-49(38-43-69(62)73)48-24-21-25-50(44-48)56-30-15-19-36-67(56)72(53-28-11-8-12-29-53)54-39-41-59-57-31-13-17-34-63(57)70(3,4)65(59)46-54/h5-47H,1H2,2-4H3/b23-6-,51-22+. The van der Waals surface area contributed by atoms with E-state index in [0.717, 1.165) is 28.3 Å². The molecular formula is C71H54N2. The molecule has 73 heavy (non-hydrogen) atoms. The molecule has 1 heterocycles. The predicted molar refractivity (Wildman–Crippen MR) is 309 cm³/mol. The highest BCUT2D eigenvalue weighted by Gasteiger charge is 2.47. The molecular weight excluding hydrogens is 881 g/mol. The molecule has 2 heteroatoms. The first-order valence-electron chi connectivity index (χ1n) is 25.5. The molecule has 2 aliphatic rings. The molecule has 0 saturated heterocycles. The van der Waals surface area contributed by atoms with Gasteiger partial charge in [-0.15, -0.1) is 0 Å². The SMILES string of the molecule is C=C/C=C(\C=C/C)C1(c2ccccc2)c2ccccc2-c2ccc(-n3c4ccccc4c4cc(-c5cccc(-c6ccccc6N(c6ccccc6)c6ccc7c(c6)C(C)(C)c6ccccc6-7)c5)ccc43)cc21. The summed E-state index contributed by atoms with van der Waals surface area (Å²) in [6, 6.07) is 87.6. The average Bonchev–Trinajstić information content (AvgIpc) is 4.02. The van der Waals surface area contributed by atoms with Crippen LogP contribution in [-0.2, 0) is 10.8 Å². The minimum atomic E-state index is -0.553. The van der Waals surface area contributed by atoms with Crippen LogP contribution in [0.25, 0.3) is 72.0 Å². The number of para-hydroxylation sites is 3. The van der Waals surface area contributed by atoms with E-state index in [4.69, 9.17) is 0 Å². The maximum Gasteiger partial charge on any atom is 0.0714 e. The number of hydrogen-bond acceptors (Lipinski definition) is 1. The van der Waals surface area contributed by atoms with Crippen molar-refractivity contribution >= 4 is 38.9 Å². The second-order valence-corrected chi connectivity index (χ2v) is 20.0. The lowest BCUT2D eigenvalue weighted by molar-refractivity contribution is 0.660. The molecule has 348 valence electrons. The minimum absolute atomic E-state index is 0.118. The third-order valence-corrected chi connectivity index (χ3v) is 15.7. The van der Waals surface area contributed by atoms with Gasteiger partial charge in [-0.05, 0) is 146 Å². The number of allylic oxidation sites excluding steroid dienone is 5. The second kappa shape index (κ2) is 17.4. The Hall–Kier alpha value is -8.98. The quantitative estimate of drug-likeness (QED) is 0.124. The molecule has 0 radical (unpaired) electrons. The maximum atomic E-state index is 4.20. The van der Waals surface area contributed by atoms with Gasteiger partial charge < -0.3 is 9.47 Å². The van der Waals surface area contributed by atoms with Crippen LogP contribution < -0.4 is 4.90 Å². The third kappa shape index (κ3) is 6.78. The van der Waals surface area contributed by atoms with Crippen LogP contribution in [0.1, 0.15) is 48.6 Å². The monoisotopic (exact) mass is 934 g/mol. The Kier molecular flexibility index (Phi) is 10.5. The zero-order chi connectivity index (χ0) is 49.3. The van der Waals surface area contributed by atoms with Gasteiger partial charge in [0.25, 0.3) is 0 Å². The second-order valence-electron chi connectivity index (χ2n) is 20.0. The Morgan fingerprint density at radius 1 is 0.452 bits per heavy atom. The van der Waals surface area contributed by atoms with E-state index in [-0.39, 0.29) is 5.41 Å². The van der Waals surface area contributed by atoms with Crippen LogP contribution in [0.15, 0.2) is 273 Å². The van der Waals surface area contributed by atoms with Gasteiger partial charge in [0, 0.05) is 38.8 Å². The van der Waals surface area contributed by atoms with Gasteiger partial charge in [-0.1, -0.05) is 215 Å². The fraction of sp³-hybridized carbons (Fsp3) is 0.0704. The minimum Gasteiger partial charge on any atom is -0.310 e. The molecule has 2 nitrogen and oxygen atoms in total. The van der Waals surface area contributed by atoms with Crippen molar-refractivity contribution in [1.82, 2.24) is 4.57 Å². The van der Waals surface area contributed by atoms with Crippen molar-refractivity contribution in [1.29, 1.82) is 0 Å². The summed E-state index contributed by atoms with van der Waals surface area (Å²) in [5.41, 5.74) is 23.7. The summed E-state index contributed by atoms with van der Waals surface area (Å²) in [5, 5.41) is 2.44. The fourth-order valence-corrected chi connectivity index (χ4v) is 12.5. The first-order valence-corrected chi connectivity index (χ1v) is 25.5. The molecule has 0 amide bonds. The summed E-state index contributed by atoms with van der Waals surface area (Å²) in [5.74, 6) is 0. The summed E-state index contributed by atoms with van der Waals surface area (Å²) in [7, 11) is 0. The van der Waals surface area contributed by atoms with Crippen LogP contribution in [0.3, 0.4) is 0 Å². The Balaban J connectivity index is 0.934. The normalized spacial score (nSPS) is 15.3. The molecule has 0 fully saturated rings. The van der Waals surface area contributed by atoms with Gasteiger partial charge in [0.2, 0.25) is 0 Å². The van der Waals surface area contributed by atoms with Crippen molar-refractivity contribution in [2.75, 3.05) is 4.90 Å². The Morgan fingerprint density at radius 3 is 1.86 bits per heavy atom. The lowest BCUT2D eigenvalue weighted by Gasteiger charge is -2.35. The van der Waals surface area contributed by atoms with Gasteiger partial charge in [0.15, 0.2) is 0 Å². The van der Waals surface area contributed by atoms with Crippen molar-refractivity contribution in [2.45, 2.75) is 31.6 Å². The van der Waals surface area contributed by atoms with E-state index in [2.05, 4.69) is 292 Å². The molecule has 13 rings (SSSR count). The Bertz CT molecular complexity index is 4030. The average molecular weight is 935 g/mol. The van der Waals surface area contributed by atoms with Crippen LogP contribution in [0, 0.1) is 0 Å². The first kappa shape index (κ1) is 44.0. The van der Waals surface area contributed by atoms with Crippen molar-refractivity contribution in [3.05, 3.63) is 301 Å². The van der Waals surface area contributed by atoms with Gasteiger partial charge in [-0.25, -0.2) is 0 Å². The van der Waals surface area contributed by atoms with Crippen molar-refractivity contribution in [2.24, 2.45) is 0 Å². The molecule has 0 aliphatic heterocycles. The number of rotatable bonds is 10. The highest BCUT2D eigenvalue weighted by molar-refractivity contribution is 6.11. The van der Waals surface area contributed by atoms with Gasteiger partial charge in [-0.3, -0.25) is 0 Å². The van der Waals surface area contributed by atoms with E-state index in [0.29, 0.717) is 0 Å². The Morgan fingerprint density at radius 2 is 1.07 bits per heavy atom. The van der Waals surface area contributed by atoms with E-state index < -0.39 is 5.41 Å². The summed E-state index contributed by atoms with van der Waals surface area (Å²) < 4.78 is 2.46. The number of fused-ring (bicyclic) bond motifs is 9. The maximum absolute atomic E-state index is 4.20. The van der Waals surface area contributed by atoms with Gasteiger partial charge in [-0.2, -0.15) is 0 Å². The smallest absolute Gasteiger partial charge is 0.0714 e. The fourth-order valence-electron chi connectivity index (χ4n) is 12.5. The molecule has 0 saturated carbocycles. The Labute approximate surface area is 428 Å². The summed E-state index contributed by atoms with van der Waals surface area (Å²) in [6.07, 6.45) is 8.53. The molecule has 0 bridgehead atoms. The molecule has 1 atom stereocenters. The predicted octanol–water partition coefficient (Wildman–Crippen LogP) is 18.9. The number of benzene rings is 10. The summed E-state index contributed by atoms with van der Waals surface area (Å²) >= 11 is 0. The molecule has 0 N–H and O–H groups in total. The van der Waals surface area contributed by atoms with Gasteiger partial charge >= 0.3 is 0 Å². The lowest BCUT2D eigenvalue weighted by atomic mass is 9.67. The number of hydrogen-bond donors (Lipinski definition) is 0. The van der Waals surface area contributed by atoms with Gasteiger partial charge in [0.05, 0.1) is 22.1 Å². The zero-order valence-corrected chi connectivity index (χ0v) is 41.4. The molecule has 2 aliphatic carbocycles. The summed E-state index contributed by atoms with van der Waals surface area (Å²) in [6.45, 7) is 11.0. The van der Waals surface area contributed by atoms with Crippen LogP contribution in [0.2, 0.25) is 0 Å². The number of nitrogens with zero attached hydrogens (tertiary/aromatic N) is 2. The first-order chi connectivity index (χ1) is 35.9. The van der Waals surface area contributed by atoms with E-state index in [1.54, 1.807) is 0 Å². The molecule has 1 aromatic heterocycles. The van der Waals surface area contributed by atoms with Crippen LogP contribution >= 0.6 is 0 Å². The third-order valence-electron chi connectivity index (χ3n) is 15.7. The van der Waals surface area contributed by atoms with Crippen molar-refractivity contribution in [3.63, 3.8) is 0 Å². The van der Waals surface area contributed by atoms with E-state index >= 15 is 0 Å². The summed E-state index contributed by atoms with van der Waals surface area (Å²) in [4.78, 5) is 2.43. The lowest BCUT2D eigenvalue weighted by Crippen LogP contribution is -2.29. The van der Waals surface area contributed by atoms with Crippen LogP contribution in [-0.4, -0.2) is 4.57 Å². The van der Waals surface area contributed by atoms with E-state index in [1.165, 1.54) is 94.1 Å². The molecule has 0 spiro atoms. The highest BCUT2D eigenvalue weighted by atomic mass is 15.1. The highest BCUT2D eigenvalue weighted by Crippen LogP contribution is 2.58. The zero-order valence-electron chi connectivity index (χ0n) is 41.4. The van der Waals surface area contributed by atoms with E-state index in [1.807, 2.05) is 6.08 Å². The largest absolute Gasteiger partial charge is 0.310 e. The molecule has 10 aromatic carbocycles. The van der Waals surface area contributed by atoms with Crippen molar-refractivity contribution in [3.8, 4) is 50.2 Å². The number of anilines is 3. The molecule has 1 unspecified atom stereocenters. The molecule has 11 aromatic rings. The van der Waals surface area contributed by atoms with Crippen LogP contribution in [0.5, 0.6) is 0 Å². The topological polar surface area (TPSA) is 8.17 Å². The van der Waals surface area contributed by atoms with E-state index in [9.17, 15) is 0 Å². The van der Waals surface area contributed by atoms with Gasteiger partial charge in [0.1, 0.15) is 0 Å². The van der Waals surface area contributed by atoms with Crippen molar-refractivity contribution < 1.29 is 0 Å².